The van der Waals surface area contributed by atoms with Gasteiger partial charge in [0.2, 0.25) is 17.7 Å². The number of nitrogens with one attached hydrogen (secondary N) is 1. The lowest BCUT2D eigenvalue weighted by Gasteiger charge is -2.21. The Kier molecular flexibility index (Phi) is 6.54. The highest BCUT2D eigenvalue weighted by Gasteiger charge is 2.38. The van der Waals surface area contributed by atoms with Crippen molar-refractivity contribution in [1.82, 2.24) is 4.90 Å². The summed E-state index contributed by atoms with van der Waals surface area (Å²) in [5, 5.41) is 2.95. The van der Waals surface area contributed by atoms with Crippen molar-refractivity contribution in [3.63, 3.8) is 0 Å². The third kappa shape index (κ3) is 5.35. The molecule has 0 saturated carbocycles. The second-order valence-corrected chi connectivity index (χ2v) is 7.58. The third-order valence-corrected chi connectivity index (χ3v) is 5.19. The van der Waals surface area contributed by atoms with Crippen LogP contribution in [0.25, 0.3) is 0 Å². The molecule has 1 N–H and O–H groups in total. The molecule has 31 heavy (non-hydrogen) atoms. The molecule has 0 aromatic heterocycles. The molecule has 3 amide bonds. The van der Waals surface area contributed by atoms with E-state index in [0.29, 0.717) is 10.7 Å². The number of hydrogen-bond acceptors (Lipinski definition) is 3. The molecule has 0 spiro atoms. The van der Waals surface area contributed by atoms with Crippen LogP contribution in [0.4, 0.5) is 24.5 Å². The van der Waals surface area contributed by atoms with E-state index in [1.807, 2.05) is 0 Å². The molecule has 1 fully saturated rings. The lowest BCUT2D eigenvalue weighted by Crippen LogP contribution is -2.39. The highest BCUT2D eigenvalue weighted by atomic mass is 35.5. The van der Waals surface area contributed by atoms with Crippen molar-refractivity contribution < 1.29 is 27.6 Å². The van der Waals surface area contributed by atoms with Crippen LogP contribution in [0, 0.1) is 5.92 Å². The van der Waals surface area contributed by atoms with E-state index in [4.69, 9.17) is 11.6 Å². The Bertz CT molecular complexity index is 1010. The molecule has 0 bridgehead atoms. The number of carbonyl (C=O) groups excluding carboxylic acids is 3. The second kappa shape index (κ2) is 8.97. The molecule has 0 aliphatic carbocycles. The molecule has 1 aliphatic heterocycles. The van der Waals surface area contributed by atoms with Crippen LogP contribution in [-0.2, 0) is 20.6 Å². The van der Waals surface area contributed by atoms with Gasteiger partial charge in [-0.1, -0.05) is 29.8 Å². The number of likely N-dealkylation sites (N-methyl/N-ethyl adjacent to an activating group) is 1. The highest BCUT2D eigenvalue weighted by Crippen LogP contribution is 2.33. The monoisotopic (exact) mass is 453 g/mol. The molecule has 10 heteroatoms. The molecule has 2 aromatic carbocycles. The quantitative estimate of drug-likeness (QED) is 0.748. The predicted octanol–water partition coefficient (Wildman–Crippen LogP) is 3.81. The standard InChI is InChI=1S/C21H19ClF3N3O3/c1-27(12-18(29)26-17-8-3-2-7-16(17)22)20(31)13-9-19(30)28(11-13)15-6-4-5-14(10-15)21(23,24)25/h2-8,10,13H,9,11-12H2,1H3,(H,26,29). The minimum atomic E-state index is -4.54. The van der Waals surface area contributed by atoms with E-state index in [2.05, 4.69) is 5.32 Å². The first-order valence-electron chi connectivity index (χ1n) is 9.33. The van der Waals surface area contributed by atoms with Gasteiger partial charge in [0.15, 0.2) is 0 Å². The molecule has 164 valence electrons. The van der Waals surface area contributed by atoms with Gasteiger partial charge in [-0.15, -0.1) is 0 Å². The molecule has 2 aromatic rings. The van der Waals surface area contributed by atoms with Crippen LogP contribution in [0.15, 0.2) is 48.5 Å². The zero-order valence-electron chi connectivity index (χ0n) is 16.4. The van der Waals surface area contributed by atoms with Crippen molar-refractivity contribution >= 4 is 40.7 Å². The van der Waals surface area contributed by atoms with Crippen LogP contribution in [0.3, 0.4) is 0 Å². The lowest BCUT2D eigenvalue weighted by molar-refractivity contribution is -0.137. The number of alkyl halides is 3. The minimum Gasteiger partial charge on any atom is -0.336 e. The van der Waals surface area contributed by atoms with Gasteiger partial charge in [-0.3, -0.25) is 14.4 Å². The molecule has 3 rings (SSSR count). The van der Waals surface area contributed by atoms with E-state index < -0.39 is 35.4 Å². The van der Waals surface area contributed by atoms with Gasteiger partial charge >= 0.3 is 6.18 Å². The maximum atomic E-state index is 13.0. The van der Waals surface area contributed by atoms with Crippen molar-refractivity contribution in [1.29, 1.82) is 0 Å². The van der Waals surface area contributed by atoms with Gasteiger partial charge in [0.1, 0.15) is 0 Å². The summed E-state index contributed by atoms with van der Waals surface area (Å²) in [5.41, 5.74) is -0.392. The topological polar surface area (TPSA) is 69.7 Å². The highest BCUT2D eigenvalue weighted by molar-refractivity contribution is 6.33. The first kappa shape index (κ1) is 22.6. The van der Waals surface area contributed by atoms with E-state index in [1.165, 1.54) is 24.1 Å². The van der Waals surface area contributed by atoms with Crippen molar-refractivity contribution in [3.8, 4) is 0 Å². The number of nitrogens with zero attached hydrogens (tertiary/aromatic N) is 2. The first-order valence-corrected chi connectivity index (χ1v) is 9.71. The smallest absolute Gasteiger partial charge is 0.336 e. The predicted molar refractivity (Wildman–Crippen MR) is 110 cm³/mol. The zero-order chi connectivity index (χ0) is 22.8. The number of rotatable bonds is 5. The molecule has 0 radical (unpaired) electrons. The van der Waals surface area contributed by atoms with Crippen LogP contribution in [0.2, 0.25) is 5.02 Å². The van der Waals surface area contributed by atoms with E-state index in [1.54, 1.807) is 24.3 Å². The van der Waals surface area contributed by atoms with Gasteiger partial charge in [0.25, 0.3) is 0 Å². The van der Waals surface area contributed by atoms with Gasteiger partial charge < -0.3 is 15.1 Å². The van der Waals surface area contributed by atoms with Gasteiger partial charge in [-0.2, -0.15) is 13.2 Å². The van der Waals surface area contributed by atoms with E-state index >= 15 is 0 Å². The third-order valence-electron chi connectivity index (χ3n) is 4.86. The summed E-state index contributed by atoms with van der Waals surface area (Å²) in [5.74, 6) is -2.13. The number of hydrogen-bond donors (Lipinski definition) is 1. The van der Waals surface area contributed by atoms with Crippen molar-refractivity contribution in [3.05, 3.63) is 59.1 Å². The Balaban J connectivity index is 1.63. The Hall–Kier alpha value is -3.07. The number of anilines is 2. The number of amides is 3. The minimum absolute atomic E-state index is 0.0601. The maximum absolute atomic E-state index is 13.0. The Morgan fingerprint density at radius 1 is 1.19 bits per heavy atom. The van der Waals surface area contributed by atoms with Crippen LogP contribution in [-0.4, -0.2) is 42.8 Å². The summed E-state index contributed by atoms with van der Waals surface area (Å²) in [6, 6.07) is 11.0. The fraction of sp³-hybridized carbons (Fsp3) is 0.286. The van der Waals surface area contributed by atoms with Crippen LogP contribution in [0.1, 0.15) is 12.0 Å². The van der Waals surface area contributed by atoms with Gasteiger partial charge in [-0.25, -0.2) is 0 Å². The normalized spacial score (nSPS) is 16.4. The van der Waals surface area contributed by atoms with Gasteiger partial charge in [0, 0.05) is 25.7 Å². The fourth-order valence-electron chi connectivity index (χ4n) is 3.33. The number of para-hydroxylation sites is 1. The Morgan fingerprint density at radius 2 is 1.90 bits per heavy atom. The summed E-state index contributed by atoms with van der Waals surface area (Å²) in [4.78, 5) is 39.6. The molecule has 1 aliphatic rings. The number of carbonyl (C=O) groups is 3. The number of benzene rings is 2. The Morgan fingerprint density at radius 3 is 2.58 bits per heavy atom. The van der Waals surface area contributed by atoms with E-state index in [9.17, 15) is 27.6 Å². The zero-order valence-corrected chi connectivity index (χ0v) is 17.2. The summed E-state index contributed by atoms with van der Waals surface area (Å²) in [6.07, 6.45) is -4.69. The largest absolute Gasteiger partial charge is 0.416 e. The molecular weight excluding hydrogens is 435 g/mol. The molecule has 6 nitrogen and oxygen atoms in total. The molecular formula is C21H19ClF3N3O3. The van der Waals surface area contributed by atoms with Crippen molar-refractivity contribution in [2.45, 2.75) is 12.6 Å². The molecule has 1 heterocycles. The molecule has 1 unspecified atom stereocenters. The van der Waals surface area contributed by atoms with E-state index in [0.717, 1.165) is 17.0 Å². The summed E-state index contributed by atoms with van der Waals surface area (Å²) in [7, 11) is 1.42. The fourth-order valence-corrected chi connectivity index (χ4v) is 3.51. The average molecular weight is 454 g/mol. The summed E-state index contributed by atoms with van der Waals surface area (Å²) >= 11 is 5.99. The van der Waals surface area contributed by atoms with Gasteiger partial charge in [-0.05, 0) is 30.3 Å². The molecule has 1 atom stereocenters. The number of halogens is 4. The van der Waals surface area contributed by atoms with Crippen molar-refractivity contribution in [2.75, 3.05) is 30.4 Å². The second-order valence-electron chi connectivity index (χ2n) is 7.18. The van der Waals surface area contributed by atoms with Crippen LogP contribution < -0.4 is 10.2 Å². The molecule has 1 saturated heterocycles. The van der Waals surface area contributed by atoms with E-state index in [-0.39, 0.29) is 25.2 Å². The lowest BCUT2D eigenvalue weighted by atomic mass is 10.1. The summed E-state index contributed by atoms with van der Waals surface area (Å²) < 4.78 is 38.9. The van der Waals surface area contributed by atoms with Gasteiger partial charge in [0.05, 0.1) is 28.7 Å². The average Bonchev–Trinajstić information content (AvgIpc) is 3.10. The van der Waals surface area contributed by atoms with Crippen LogP contribution >= 0.6 is 11.6 Å². The summed E-state index contributed by atoms with van der Waals surface area (Å²) in [6.45, 7) is -0.326. The SMILES string of the molecule is CN(CC(=O)Nc1ccccc1Cl)C(=O)C1CC(=O)N(c2cccc(C(F)(F)F)c2)C1. The van der Waals surface area contributed by atoms with Crippen LogP contribution in [0.5, 0.6) is 0 Å². The Labute approximate surface area is 181 Å². The first-order chi connectivity index (χ1) is 14.6. The maximum Gasteiger partial charge on any atom is 0.416 e. The van der Waals surface area contributed by atoms with Crippen molar-refractivity contribution in [2.24, 2.45) is 5.92 Å².